The van der Waals surface area contributed by atoms with Gasteiger partial charge in [-0.3, -0.25) is 10.1 Å². The molecule has 158 valence electrons. The number of carbonyl (C=O) groups excluding carboxylic acids is 1. The Bertz CT molecular complexity index is 1090. The fraction of sp³-hybridized carbons (Fsp3) is 0.250. The summed E-state index contributed by atoms with van der Waals surface area (Å²) in [5.74, 6) is 0.390. The van der Waals surface area contributed by atoms with Crippen LogP contribution in [0.1, 0.15) is 27.9 Å². The van der Waals surface area contributed by atoms with Gasteiger partial charge in [0.1, 0.15) is 10.8 Å². The first-order valence-electron chi connectivity index (χ1n) is 9.30. The Morgan fingerprint density at radius 1 is 1.07 bits per heavy atom. The van der Waals surface area contributed by atoms with Gasteiger partial charge in [0.05, 0.1) is 11.5 Å². The summed E-state index contributed by atoms with van der Waals surface area (Å²) in [4.78, 5) is 12.5. The zero-order valence-electron chi connectivity index (χ0n) is 16.6. The number of hydrogen-bond donors (Lipinski definition) is 2. The predicted molar refractivity (Wildman–Crippen MR) is 116 cm³/mol. The molecule has 0 spiro atoms. The molecular weight excluding hydrogens is 424 g/mol. The third kappa shape index (κ3) is 5.85. The third-order valence-corrected chi connectivity index (χ3v) is 6.45. The van der Waals surface area contributed by atoms with Crippen molar-refractivity contribution in [2.45, 2.75) is 25.2 Å². The van der Waals surface area contributed by atoms with Crippen molar-refractivity contribution in [3.8, 4) is 5.75 Å². The maximum absolute atomic E-state index is 12.3. The highest BCUT2D eigenvalue weighted by Gasteiger charge is 2.14. The Labute approximate surface area is 179 Å². The second kappa shape index (κ2) is 9.79. The van der Waals surface area contributed by atoms with Crippen molar-refractivity contribution >= 4 is 32.4 Å². The van der Waals surface area contributed by atoms with Gasteiger partial charge in [-0.05, 0) is 50.2 Å². The molecular formula is C20H22N4O4S2. The van der Waals surface area contributed by atoms with E-state index in [9.17, 15) is 13.2 Å². The highest BCUT2D eigenvalue weighted by molar-refractivity contribution is 7.89. The van der Waals surface area contributed by atoms with Crippen molar-refractivity contribution < 1.29 is 17.9 Å². The number of aryl methyl sites for hydroxylation is 1. The van der Waals surface area contributed by atoms with E-state index in [1.165, 1.54) is 11.3 Å². The number of anilines is 1. The van der Waals surface area contributed by atoms with Gasteiger partial charge in [-0.25, -0.2) is 13.1 Å². The van der Waals surface area contributed by atoms with E-state index in [1.807, 2.05) is 13.8 Å². The van der Waals surface area contributed by atoms with E-state index in [2.05, 4.69) is 20.2 Å². The van der Waals surface area contributed by atoms with Gasteiger partial charge in [-0.1, -0.05) is 29.0 Å². The minimum Gasteiger partial charge on any atom is -0.494 e. The molecule has 30 heavy (non-hydrogen) atoms. The first kappa shape index (κ1) is 21.9. The highest BCUT2D eigenvalue weighted by Crippen LogP contribution is 2.18. The molecule has 0 aliphatic heterocycles. The minimum atomic E-state index is -3.58. The summed E-state index contributed by atoms with van der Waals surface area (Å²) >= 11 is 1.20. The standard InChI is InChI=1S/C20H22N4O4S2/c1-3-28-16-8-6-15(7-9-16)19(25)22-20-24-23-18(29-20)12-13-21-30(26,27)17-10-4-14(2)5-11-17/h4-11,21H,3,12-13H2,1-2H3,(H,22,24,25). The van der Waals surface area contributed by atoms with Crippen molar-refractivity contribution in [3.05, 3.63) is 64.7 Å². The third-order valence-electron chi connectivity index (χ3n) is 4.08. The molecule has 2 aromatic carbocycles. The van der Waals surface area contributed by atoms with E-state index in [0.29, 0.717) is 34.5 Å². The van der Waals surface area contributed by atoms with E-state index in [4.69, 9.17) is 4.74 Å². The van der Waals surface area contributed by atoms with E-state index in [1.54, 1.807) is 48.5 Å². The molecule has 10 heteroatoms. The topological polar surface area (TPSA) is 110 Å². The van der Waals surface area contributed by atoms with E-state index in [0.717, 1.165) is 5.56 Å². The molecule has 0 unspecified atom stereocenters. The number of carbonyl (C=O) groups is 1. The molecule has 0 fully saturated rings. The van der Waals surface area contributed by atoms with E-state index >= 15 is 0 Å². The average molecular weight is 447 g/mol. The zero-order chi connectivity index (χ0) is 21.6. The van der Waals surface area contributed by atoms with Crippen LogP contribution in [0.25, 0.3) is 0 Å². The summed E-state index contributed by atoms with van der Waals surface area (Å²) in [7, 11) is -3.58. The second-order valence-electron chi connectivity index (χ2n) is 6.37. The van der Waals surface area contributed by atoms with Crippen LogP contribution in [0.4, 0.5) is 5.13 Å². The Kier molecular flexibility index (Phi) is 7.14. The largest absolute Gasteiger partial charge is 0.494 e. The van der Waals surface area contributed by atoms with Gasteiger partial charge in [0.15, 0.2) is 0 Å². The van der Waals surface area contributed by atoms with Crippen LogP contribution >= 0.6 is 11.3 Å². The van der Waals surface area contributed by atoms with E-state index < -0.39 is 10.0 Å². The average Bonchev–Trinajstić information content (AvgIpc) is 3.16. The molecule has 0 atom stereocenters. The van der Waals surface area contributed by atoms with Crippen LogP contribution in [0.2, 0.25) is 0 Å². The quantitative estimate of drug-likeness (QED) is 0.523. The minimum absolute atomic E-state index is 0.178. The Balaban J connectivity index is 1.52. The maximum atomic E-state index is 12.3. The molecule has 0 aliphatic rings. The molecule has 2 N–H and O–H groups in total. The lowest BCUT2D eigenvalue weighted by molar-refractivity contribution is 0.102. The lowest BCUT2D eigenvalue weighted by Crippen LogP contribution is -2.25. The van der Waals surface area contributed by atoms with Crippen LogP contribution < -0.4 is 14.8 Å². The number of benzene rings is 2. The zero-order valence-corrected chi connectivity index (χ0v) is 18.2. The Morgan fingerprint density at radius 3 is 2.43 bits per heavy atom. The van der Waals surface area contributed by atoms with Crippen molar-refractivity contribution in [3.63, 3.8) is 0 Å². The van der Waals surface area contributed by atoms with Crippen LogP contribution in [-0.2, 0) is 16.4 Å². The first-order valence-corrected chi connectivity index (χ1v) is 11.6. The molecule has 0 aliphatic carbocycles. The fourth-order valence-electron chi connectivity index (χ4n) is 2.54. The normalized spacial score (nSPS) is 11.3. The molecule has 1 amide bonds. The number of nitrogens with zero attached hydrogens (tertiary/aromatic N) is 2. The summed E-state index contributed by atoms with van der Waals surface area (Å²) < 4.78 is 32.5. The number of ether oxygens (including phenoxy) is 1. The summed E-state index contributed by atoms with van der Waals surface area (Å²) in [6.45, 7) is 4.52. The van der Waals surface area contributed by atoms with Gasteiger partial charge in [0, 0.05) is 18.5 Å². The summed E-state index contributed by atoms with van der Waals surface area (Å²) in [6, 6.07) is 13.4. The molecule has 1 aromatic heterocycles. The Hall–Kier alpha value is -2.82. The first-order chi connectivity index (χ1) is 14.4. The number of amides is 1. The number of hydrogen-bond acceptors (Lipinski definition) is 7. The van der Waals surface area contributed by atoms with Crippen molar-refractivity contribution in [2.75, 3.05) is 18.5 Å². The van der Waals surface area contributed by atoms with Gasteiger partial charge in [0.2, 0.25) is 15.2 Å². The number of sulfonamides is 1. The highest BCUT2D eigenvalue weighted by atomic mass is 32.2. The monoisotopic (exact) mass is 446 g/mol. The van der Waals surface area contributed by atoms with Crippen LogP contribution in [-0.4, -0.2) is 37.7 Å². The molecule has 3 aromatic rings. The smallest absolute Gasteiger partial charge is 0.257 e. The Morgan fingerprint density at radius 2 is 1.77 bits per heavy atom. The van der Waals surface area contributed by atoms with Crippen molar-refractivity contribution in [1.82, 2.24) is 14.9 Å². The molecule has 8 nitrogen and oxygen atoms in total. The SMILES string of the molecule is CCOc1ccc(C(=O)Nc2nnc(CCNS(=O)(=O)c3ccc(C)cc3)s2)cc1. The maximum Gasteiger partial charge on any atom is 0.257 e. The van der Waals surface area contributed by atoms with Crippen LogP contribution in [0.3, 0.4) is 0 Å². The number of nitrogens with one attached hydrogen (secondary N) is 2. The molecule has 0 bridgehead atoms. The predicted octanol–water partition coefficient (Wildman–Crippen LogP) is 3.02. The van der Waals surface area contributed by atoms with Crippen LogP contribution in [0.5, 0.6) is 5.75 Å². The van der Waals surface area contributed by atoms with Gasteiger partial charge >= 0.3 is 0 Å². The van der Waals surface area contributed by atoms with Gasteiger partial charge in [-0.2, -0.15) is 0 Å². The van der Waals surface area contributed by atoms with Crippen molar-refractivity contribution in [1.29, 1.82) is 0 Å². The van der Waals surface area contributed by atoms with E-state index in [-0.39, 0.29) is 17.3 Å². The van der Waals surface area contributed by atoms with Gasteiger partial charge in [0.25, 0.3) is 5.91 Å². The summed E-state index contributed by atoms with van der Waals surface area (Å²) in [5.41, 5.74) is 1.46. The molecule has 1 heterocycles. The van der Waals surface area contributed by atoms with Gasteiger partial charge < -0.3 is 4.74 Å². The van der Waals surface area contributed by atoms with Crippen LogP contribution in [0, 0.1) is 6.92 Å². The van der Waals surface area contributed by atoms with Gasteiger partial charge in [-0.15, -0.1) is 10.2 Å². The lowest BCUT2D eigenvalue weighted by atomic mass is 10.2. The second-order valence-corrected chi connectivity index (χ2v) is 9.20. The van der Waals surface area contributed by atoms with Crippen LogP contribution in [0.15, 0.2) is 53.4 Å². The number of rotatable bonds is 9. The molecule has 3 rings (SSSR count). The molecule has 0 saturated carbocycles. The molecule has 0 saturated heterocycles. The summed E-state index contributed by atoms with van der Waals surface area (Å²) in [5, 5.41) is 11.6. The summed E-state index contributed by atoms with van der Waals surface area (Å²) in [6.07, 6.45) is 0.363. The number of aromatic nitrogens is 2. The fourth-order valence-corrected chi connectivity index (χ4v) is 4.30. The lowest BCUT2D eigenvalue weighted by Gasteiger charge is -2.06. The van der Waals surface area contributed by atoms with Crippen molar-refractivity contribution in [2.24, 2.45) is 0 Å². The molecule has 0 radical (unpaired) electrons.